The van der Waals surface area contributed by atoms with Gasteiger partial charge in [-0.05, 0) is 60.1 Å². The molecule has 0 fully saturated rings. The maximum Gasteiger partial charge on any atom is 0.326 e. The molecule has 1 heterocycles. The molecule has 0 saturated heterocycles. The van der Waals surface area contributed by atoms with E-state index in [0.29, 0.717) is 18.4 Å². The van der Waals surface area contributed by atoms with Crippen LogP contribution in [0.2, 0.25) is 0 Å². The Hall–Kier alpha value is -2.76. The van der Waals surface area contributed by atoms with Gasteiger partial charge in [0.2, 0.25) is 5.91 Å². The highest BCUT2D eigenvalue weighted by atomic mass is 125. The predicted octanol–water partition coefficient (Wildman–Crippen LogP) is 0.686. The number of halogens is 1. The standard InChI is InChI=1S/C19H20IN3O6/c20-13-5-3-4-12(10-13)18(27)21-11-15(24)22-14(19(28)29)6-1-2-9-23-16(25)7-8-17(23)26/h3-5,7-8,10,14H,1-2,6,9,11H2,(H,21,27)(H,22,24)(H,28,29)/t14-/m0/s1/i20-2. The van der Waals surface area contributed by atoms with Crippen molar-refractivity contribution in [1.29, 1.82) is 0 Å². The van der Waals surface area contributed by atoms with Crippen molar-refractivity contribution in [3.8, 4) is 0 Å². The van der Waals surface area contributed by atoms with Gasteiger partial charge in [0.05, 0.1) is 6.54 Å². The van der Waals surface area contributed by atoms with Crippen LogP contribution < -0.4 is 10.6 Å². The predicted molar refractivity (Wildman–Crippen MR) is 111 cm³/mol. The second kappa shape index (κ2) is 10.7. The van der Waals surface area contributed by atoms with Gasteiger partial charge >= 0.3 is 5.97 Å². The van der Waals surface area contributed by atoms with E-state index < -0.39 is 23.8 Å². The maximum atomic E-state index is 12.0. The first-order chi connectivity index (χ1) is 13.8. The number of benzene rings is 1. The topological polar surface area (TPSA) is 133 Å². The number of imide groups is 1. The minimum absolute atomic E-state index is 0.134. The van der Waals surface area contributed by atoms with Crippen LogP contribution in [0.15, 0.2) is 36.4 Å². The van der Waals surface area contributed by atoms with Crippen molar-refractivity contribution in [1.82, 2.24) is 15.5 Å². The quantitative estimate of drug-likeness (QED) is 0.241. The molecule has 4 amide bonds. The third-order valence-corrected chi connectivity index (χ3v) is 4.83. The number of carboxylic acid groups (broad SMARTS) is 1. The minimum atomic E-state index is -1.20. The second-order valence-electron chi connectivity index (χ2n) is 6.31. The summed E-state index contributed by atoms with van der Waals surface area (Å²) in [6, 6.07) is 5.70. The number of carbonyl (C=O) groups is 5. The number of unbranched alkanes of at least 4 members (excludes halogenated alkanes) is 1. The normalized spacial score (nSPS) is 14.0. The molecule has 0 aromatic heterocycles. The van der Waals surface area contributed by atoms with Crippen LogP contribution in [0.1, 0.15) is 29.6 Å². The summed E-state index contributed by atoms with van der Waals surface area (Å²) in [4.78, 5) is 59.4. The zero-order valence-corrected chi connectivity index (χ0v) is 17.5. The summed E-state index contributed by atoms with van der Waals surface area (Å²) in [5.41, 5.74) is 0.403. The SMILES string of the molecule is O=C(CNC(=O)c1cccc([125I])c1)N[C@@H](CCCCN1C(=O)C=CC1=O)C(=O)O. The molecule has 2 rings (SSSR count). The smallest absolute Gasteiger partial charge is 0.326 e. The molecule has 3 N–H and O–H groups in total. The van der Waals surface area contributed by atoms with Gasteiger partial charge in [-0.3, -0.25) is 24.1 Å². The Morgan fingerprint density at radius 1 is 1.10 bits per heavy atom. The Balaban J connectivity index is 1.73. The van der Waals surface area contributed by atoms with Gasteiger partial charge in [0.15, 0.2) is 0 Å². The van der Waals surface area contributed by atoms with Crippen LogP contribution in [0.3, 0.4) is 0 Å². The van der Waals surface area contributed by atoms with Crippen LogP contribution in [-0.4, -0.2) is 58.7 Å². The summed E-state index contributed by atoms with van der Waals surface area (Å²) in [7, 11) is 0. The van der Waals surface area contributed by atoms with Crippen molar-refractivity contribution >= 4 is 52.2 Å². The molecule has 154 valence electrons. The average Bonchev–Trinajstić information content (AvgIpc) is 3.00. The molecular weight excluding hydrogens is 491 g/mol. The third-order valence-electron chi connectivity index (χ3n) is 4.15. The van der Waals surface area contributed by atoms with Gasteiger partial charge in [-0.1, -0.05) is 6.07 Å². The van der Waals surface area contributed by atoms with Crippen molar-refractivity contribution in [3.05, 3.63) is 45.6 Å². The maximum absolute atomic E-state index is 12.0. The van der Waals surface area contributed by atoms with Gasteiger partial charge in [0.1, 0.15) is 6.04 Å². The lowest BCUT2D eigenvalue weighted by atomic mass is 10.1. The van der Waals surface area contributed by atoms with Gasteiger partial charge in [0.25, 0.3) is 17.7 Å². The van der Waals surface area contributed by atoms with Crippen LogP contribution in [0.5, 0.6) is 0 Å². The van der Waals surface area contributed by atoms with Crippen LogP contribution in [0.25, 0.3) is 0 Å². The monoisotopic (exact) mass is 511 g/mol. The summed E-state index contributed by atoms with van der Waals surface area (Å²) in [6.07, 6.45) is 3.32. The van der Waals surface area contributed by atoms with Crippen LogP contribution in [0.4, 0.5) is 0 Å². The number of carbonyl (C=O) groups excluding carboxylic acids is 4. The highest BCUT2D eigenvalue weighted by molar-refractivity contribution is 14.1. The summed E-state index contributed by atoms with van der Waals surface area (Å²) in [5, 5.41) is 14.1. The van der Waals surface area contributed by atoms with Gasteiger partial charge in [-0.15, -0.1) is 0 Å². The first kappa shape index (κ1) is 22.5. The van der Waals surface area contributed by atoms with E-state index in [1.807, 2.05) is 6.07 Å². The molecule has 1 aliphatic rings. The summed E-state index contributed by atoms with van der Waals surface area (Å²) in [6.45, 7) is -0.159. The molecular formula is C19H20IN3O6. The Labute approximate surface area is 180 Å². The fourth-order valence-electron chi connectivity index (χ4n) is 2.66. The van der Waals surface area contributed by atoms with Crippen molar-refractivity contribution in [2.75, 3.05) is 13.1 Å². The molecule has 1 aromatic carbocycles. The highest BCUT2D eigenvalue weighted by Crippen LogP contribution is 2.09. The Kier molecular flexibility index (Phi) is 8.31. The van der Waals surface area contributed by atoms with Crippen LogP contribution in [-0.2, 0) is 19.2 Å². The number of hydrogen-bond donors (Lipinski definition) is 3. The Morgan fingerprint density at radius 3 is 2.41 bits per heavy atom. The molecule has 0 spiro atoms. The molecule has 29 heavy (non-hydrogen) atoms. The Bertz CT molecular complexity index is 836. The van der Waals surface area contributed by atoms with Crippen molar-refractivity contribution in [2.24, 2.45) is 0 Å². The van der Waals surface area contributed by atoms with E-state index in [1.165, 1.54) is 12.2 Å². The number of carboxylic acids is 1. The molecule has 1 atom stereocenters. The summed E-state index contributed by atoms with van der Waals surface area (Å²) < 4.78 is 0.874. The van der Waals surface area contributed by atoms with Crippen LogP contribution >= 0.6 is 22.6 Å². The molecule has 9 nitrogen and oxygen atoms in total. The molecule has 0 aliphatic carbocycles. The zero-order chi connectivity index (χ0) is 21.4. The number of hydrogen-bond acceptors (Lipinski definition) is 5. The number of nitrogens with one attached hydrogen (secondary N) is 2. The van der Waals surface area contributed by atoms with E-state index in [0.717, 1.165) is 8.47 Å². The van der Waals surface area contributed by atoms with E-state index in [1.54, 1.807) is 18.2 Å². The highest BCUT2D eigenvalue weighted by Gasteiger charge is 2.24. The lowest BCUT2D eigenvalue weighted by Gasteiger charge is -2.16. The average molecular weight is 511 g/mol. The molecule has 0 saturated carbocycles. The molecule has 1 aromatic rings. The molecule has 1 aliphatic heterocycles. The van der Waals surface area contributed by atoms with Crippen molar-refractivity contribution in [3.63, 3.8) is 0 Å². The van der Waals surface area contributed by atoms with E-state index in [2.05, 4.69) is 33.2 Å². The van der Waals surface area contributed by atoms with Gasteiger partial charge < -0.3 is 15.7 Å². The third kappa shape index (κ3) is 6.97. The summed E-state index contributed by atoms with van der Waals surface area (Å²) >= 11 is 2.07. The fourth-order valence-corrected chi connectivity index (χ4v) is 3.21. The Morgan fingerprint density at radius 2 is 1.79 bits per heavy atom. The number of rotatable bonds is 10. The lowest BCUT2D eigenvalue weighted by Crippen LogP contribution is -2.45. The fraction of sp³-hybridized carbons (Fsp3) is 0.316. The minimum Gasteiger partial charge on any atom is -0.480 e. The van der Waals surface area contributed by atoms with E-state index in [4.69, 9.17) is 0 Å². The molecule has 10 heteroatoms. The zero-order valence-electron chi connectivity index (χ0n) is 15.4. The van der Waals surface area contributed by atoms with Crippen molar-refractivity contribution < 1.29 is 29.1 Å². The number of nitrogens with zero attached hydrogens (tertiary/aromatic N) is 1. The van der Waals surface area contributed by atoms with Gasteiger partial charge in [-0.25, -0.2) is 4.79 Å². The van der Waals surface area contributed by atoms with Gasteiger partial charge in [0, 0.05) is 27.8 Å². The number of aliphatic carboxylic acids is 1. The molecule has 0 unspecified atom stereocenters. The second-order valence-corrected chi connectivity index (χ2v) is 7.55. The van der Waals surface area contributed by atoms with Gasteiger partial charge in [-0.2, -0.15) is 0 Å². The van der Waals surface area contributed by atoms with Crippen LogP contribution in [0, 0.1) is 3.57 Å². The first-order valence-corrected chi connectivity index (χ1v) is 9.95. The van der Waals surface area contributed by atoms with E-state index >= 15 is 0 Å². The van der Waals surface area contributed by atoms with E-state index in [9.17, 15) is 29.1 Å². The first-order valence-electron chi connectivity index (χ1n) is 8.87. The van der Waals surface area contributed by atoms with Crippen molar-refractivity contribution in [2.45, 2.75) is 25.3 Å². The molecule has 0 radical (unpaired) electrons. The lowest BCUT2D eigenvalue weighted by molar-refractivity contribution is -0.142. The largest absolute Gasteiger partial charge is 0.480 e. The molecule has 0 bridgehead atoms. The number of amides is 4. The summed E-state index contributed by atoms with van der Waals surface area (Å²) in [5.74, 6) is -3.02. The van der Waals surface area contributed by atoms with E-state index in [-0.39, 0.29) is 31.3 Å².